The largest absolute Gasteiger partial charge is 0.336 e. The Hall–Kier alpha value is -1.89. The lowest BCUT2D eigenvalue weighted by Gasteiger charge is -2.21. The molecule has 3 amide bonds. The number of halogens is 1. The average molecular weight is 308 g/mol. The number of nitrogens with zero attached hydrogens (tertiary/aromatic N) is 2. The number of amides is 3. The molecule has 2 heterocycles. The number of rotatable bonds is 2. The zero-order chi connectivity index (χ0) is 15.0. The molecule has 1 unspecified atom stereocenters. The number of carbonyl (C=O) groups excluding carboxylic acids is 3. The van der Waals surface area contributed by atoms with Gasteiger partial charge in [0.15, 0.2) is 0 Å². The van der Waals surface area contributed by atoms with Crippen LogP contribution in [0.25, 0.3) is 0 Å². The third kappa shape index (κ3) is 2.65. The van der Waals surface area contributed by atoms with E-state index < -0.39 is 5.82 Å². The molecule has 5 nitrogen and oxygen atoms in total. The van der Waals surface area contributed by atoms with Crippen LogP contribution in [0, 0.1) is 5.82 Å². The Balaban J connectivity index is 1.69. The normalized spacial score (nSPS) is 22.2. The molecular formula is C14H13FN2O3S. The van der Waals surface area contributed by atoms with E-state index in [-0.39, 0.29) is 28.8 Å². The van der Waals surface area contributed by atoms with Crippen molar-refractivity contribution < 1.29 is 18.8 Å². The van der Waals surface area contributed by atoms with Gasteiger partial charge in [0, 0.05) is 18.7 Å². The van der Waals surface area contributed by atoms with Gasteiger partial charge >= 0.3 is 0 Å². The summed E-state index contributed by atoms with van der Waals surface area (Å²) in [7, 11) is 0. The Labute approximate surface area is 125 Å². The minimum atomic E-state index is -0.392. The molecule has 21 heavy (non-hydrogen) atoms. The van der Waals surface area contributed by atoms with Crippen LogP contribution in [0.3, 0.4) is 0 Å². The minimum Gasteiger partial charge on any atom is -0.336 e. The van der Waals surface area contributed by atoms with Crippen LogP contribution >= 0.6 is 11.8 Å². The standard InChI is InChI=1S/C14H13FN2O3S/c15-10-3-1-9(2-4-10)13(19)16-6-5-11(7-16)17-12(18)8-21-14(17)20/h1-4,11H,5-8H2. The fourth-order valence-electron chi connectivity index (χ4n) is 2.63. The Bertz CT molecular complexity index is 589. The fraction of sp³-hybridized carbons (Fsp3) is 0.357. The average Bonchev–Trinajstić information content (AvgIpc) is 3.06. The number of benzene rings is 1. The lowest BCUT2D eigenvalue weighted by molar-refractivity contribution is -0.126. The minimum absolute atomic E-state index is 0.182. The van der Waals surface area contributed by atoms with Crippen LogP contribution in [0.4, 0.5) is 9.18 Å². The third-order valence-electron chi connectivity index (χ3n) is 3.69. The number of hydrogen-bond donors (Lipinski definition) is 0. The van der Waals surface area contributed by atoms with Gasteiger partial charge in [-0.2, -0.15) is 0 Å². The van der Waals surface area contributed by atoms with Gasteiger partial charge in [0.25, 0.3) is 11.1 Å². The molecule has 2 fully saturated rings. The van der Waals surface area contributed by atoms with Crippen molar-refractivity contribution in [3.8, 4) is 0 Å². The first-order valence-electron chi connectivity index (χ1n) is 6.60. The molecule has 0 spiro atoms. The summed E-state index contributed by atoms with van der Waals surface area (Å²) in [6, 6.07) is 5.11. The zero-order valence-corrected chi connectivity index (χ0v) is 11.9. The van der Waals surface area contributed by atoms with Crippen molar-refractivity contribution in [2.75, 3.05) is 18.8 Å². The maximum atomic E-state index is 12.9. The summed E-state index contributed by atoms with van der Waals surface area (Å²) in [5, 5.41) is -0.235. The van der Waals surface area contributed by atoms with Crippen molar-refractivity contribution in [2.24, 2.45) is 0 Å². The molecule has 3 rings (SSSR count). The molecule has 1 aromatic carbocycles. The van der Waals surface area contributed by atoms with E-state index in [9.17, 15) is 18.8 Å². The molecule has 0 aliphatic carbocycles. The second-order valence-electron chi connectivity index (χ2n) is 5.02. The van der Waals surface area contributed by atoms with Gasteiger partial charge in [0.1, 0.15) is 5.82 Å². The Morgan fingerprint density at radius 3 is 2.57 bits per heavy atom. The maximum absolute atomic E-state index is 12.9. The number of hydrogen-bond acceptors (Lipinski definition) is 4. The molecule has 0 N–H and O–H groups in total. The molecule has 2 aliphatic heterocycles. The fourth-order valence-corrected chi connectivity index (χ4v) is 3.41. The maximum Gasteiger partial charge on any atom is 0.289 e. The van der Waals surface area contributed by atoms with Gasteiger partial charge in [-0.15, -0.1) is 0 Å². The zero-order valence-electron chi connectivity index (χ0n) is 11.1. The van der Waals surface area contributed by atoms with Crippen LogP contribution < -0.4 is 0 Å². The number of thioether (sulfide) groups is 1. The second-order valence-corrected chi connectivity index (χ2v) is 5.95. The third-order valence-corrected chi connectivity index (χ3v) is 4.53. The van der Waals surface area contributed by atoms with Crippen LogP contribution in [0.2, 0.25) is 0 Å². The monoisotopic (exact) mass is 308 g/mol. The van der Waals surface area contributed by atoms with Crippen molar-refractivity contribution >= 4 is 28.8 Å². The van der Waals surface area contributed by atoms with Crippen LogP contribution in [0.15, 0.2) is 24.3 Å². The quantitative estimate of drug-likeness (QED) is 0.835. The summed E-state index contributed by atoms with van der Waals surface area (Å²) < 4.78 is 12.9. The molecule has 1 aromatic rings. The summed E-state index contributed by atoms with van der Waals surface area (Å²) in [5.41, 5.74) is 0.408. The van der Waals surface area contributed by atoms with Crippen molar-refractivity contribution in [1.82, 2.24) is 9.80 Å². The van der Waals surface area contributed by atoms with E-state index in [0.717, 1.165) is 11.8 Å². The highest BCUT2D eigenvalue weighted by Gasteiger charge is 2.40. The molecule has 7 heteroatoms. The van der Waals surface area contributed by atoms with E-state index in [1.807, 2.05) is 0 Å². The van der Waals surface area contributed by atoms with E-state index in [1.165, 1.54) is 29.2 Å². The van der Waals surface area contributed by atoms with Gasteiger partial charge in [-0.3, -0.25) is 19.3 Å². The lowest BCUT2D eigenvalue weighted by atomic mass is 10.2. The molecule has 2 aliphatic rings. The predicted molar refractivity (Wildman–Crippen MR) is 75.4 cm³/mol. The summed E-state index contributed by atoms with van der Waals surface area (Å²) in [4.78, 5) is 38.5. The molecule has 1 atom stereocenters. The van der Waals surface area contributed by atoms with Crippen molar-refractivity contribution in [3.05, 3.63) is 35.6 Å². The van der Waals surface area contributed by atoms with Gasteiger partial charge in [-0.25, -0.2) is 4.39 Å². The van der Waals surface area contributed by atoms with Crippen LogP contribution in [0.5, 0.6) is 0 Å². The van der Waals surface area contributed by atoms with E-state index in [0.29, 0.717) is 25.1 Å². The van der Waals surface area contributed by atoms with Gasteiger partial charge in [-0.1, -0.05) is 11.8 Å². The molecule has 0 saturated carbocycles. The molecule has 0 radical (unpaired) electrons. The van der Waals surface area contributed by atoms with Crippen molar-refractivity contribution in [2.45, 2.75) is 12.5 Å². The Morgan fingerprint density at radius 1 is 1.24 bits per heavy atom. The van der Waals surface area contributed by atoms with Gasteiger partial charge in [0.05, 0.1) is 11.8 Å². The predicted octanol–water partition coefficient (Wildman–Crippen LogP) is 1.74. The first-order valence-corrected chi connectivity index (χ1v) is 7.58. The van der Waals surface area contributed by atoms with Crippen LogP contribution in [-0.4, -0.2) is 51.7 Å². The highest BCUT2D eigenvalue weighted by atomic mass is 32.2. The van der Waals surface area contributed by atoms with E-state index in [1.54, 1.807) is 4.90 Å². The summed E-state index contributed by atoms with van der Waals surface area (Å²) in [5.74, 6) is -0.604. The van der Waals surface area contributed by atoms with Gasteiger partial charge < -0.3 is 4.90 Å². The summed E-state index contributed by atoms with van der Waals surface area (Å²) >= 11 is 1.00. The first-order chi connectivity index (χ1) is 10.1. The van der Waals surface area contributed by atoms with Crippen LogP contribution in [-0.2, 0) is 4.79 Å². The Kier molecular flexibility index (Phi) is 3.67. The van der Waals surface area contributed by atoms with Gasteiger partial charge in [0.2, 0.25) is 5.91 Å². The number of carbonyl (C=O) groups is 3. The molecule has 0 aromatic heterocycles. The number of likely N-dealkylation sites (tertiary alicyclic amines) is 1. The van der Waals surface area contributed by atoms with E-state index in [4.69, 9.17) is 0 Å². The van der Waals surface area contributed by atoms with E-state index >= 15 is 0 Å². The van der Waals surface area contributed by atoms with Crippen molar-refractivity contribution in [1.29, 1.82) is 0 Å². The molecule has 2 saturated heterocycles. The first kappa shape index (κ1) is 14.1. The van der Waals surface area contributed by atoms with Gasteiger partial charge in [-0.05, 0) is 30.7 Å². The highest BCUT2D eigenvalue weighted by Crippen LogP contribution is 2.26. The highest BCUT2D eigenvalue weighted by molar-refractivity contribution is 8.14. The van der Waals surface area contributed by atoms with Crippen molar-refractivity contribution in [3.63, 3.8) is 0 Å². The summed E-state index contributed by atoms with van der Waals surface area (Å²) in [6.07, 6.45) is 0.588. The Morgan fingerprint density at radius 2 is 1.95 bits per heavy atom. The smallest absolute Gasteiger partial charge is 0.289 e. The molecular weight excluding hydrogens is 295 g/mol. The molecule has 0 bridgehead atoms. The molecule has 110 valence electrons. The second kappa shape index (κ2) is 5.48. The SMILES string of the molecule is O=C(c1ccc(F)cc1)N1CCC(N2C(=O)CSC2=O)C1. The lowest BCUT2D eigenvalue weighted by Crippen LogP contribution is -2.41. The van der Waals surface area contributed by atoms with E-state index in [2.05, 4.69) is 0 Å². The van der Waals surface area contributed by atoms with Crippen LogP contribution in [0.1, 0.15) is 16.8 Å². The number of imide groups is 1. The summed E-state index contributed by atoms with van der Waals surface area (Å²) in [6.45, 7) is 0.830. The topological polar surface area (TPSA) is 57.7 Å².